The van der Waals surface area contributed by atoms with Gasteiger partial charge in [0.15, 0.2) is 0 Å². The van der Waals surface area contributed by atoms with E-state index < -0.39 is 0 Å². The number of nitrogens with zero attached hydrogens (tertiary/aromatic N) is 4. The van der Waals surface area contributed by atoms with Gasteiger partial charge in [0.2, 0.25) is 0 Å². The van der Waals surface area contributed by atoms with Crippen molar-refractivity contribution in [3.63, 3.8) is 0 Å². The summed E-state index contributed by atoms with van der Waals surface area (Å²) in [6, 6.07) is 7.91. The van der Waals surface area contributed by atoms with Crippen molar-refractivity contribution in [2.75, 3.05) is 23.3 Å². The minimum absolute atomic E-state index is 0.666. The Hall–Kier alpha value is -2.17. The predicted molar refractivity (Wildman–Crippen MR) is 86.4 cm³/mol. The summed E-state index contributed by atoms with van der Waals surface area (Å²) in [5.41, 5.74) is 0.997. The molecule has 21 heavy (non-hydrogen) atoms. The summed E-state index contributed by atoms with van der Waals surface area (Å²) in [4.78, 5) is 15.3. The molecule has 2 rings (SSSR count). The van der Waals surface area contributed by atoms with Gasteiger partial charge in [-0.25, -0.2) is 9.97 Å². The lowest BCUT2D eigenvalue weighted by molar-refractivity contribution is 0.732. The molecule has 0 aliphatic rings. The lowest BCUT2D eigenvalue weighted by Gasteiger charge is -2.22. The number of hydrogen-bond acceptors (Lipinski definition) is 5. The summed E-state index contributed by atoms with van der Waals surface area (Å²) < 4.78 is 0. The zero-order chi connectivity index (χ0) is 14.9. The first-order valence-corrected chi connectivity index (χ1v) is 7.54. The molecule has 2 aromatic heterocycles. The first-order chi connectivity index (χ1) is 10.3. The quantitative estimate of drug-likeness (QED) is 0.807. The molecular formula is C16H23N5. The second kappa shape index (κ2) is 8.19. The van der Waals surface area contributed by atoms with Crippen LogP contribution in [0, 0.1) is 0 Å². The Kier molecular flexibility index (Phi) is 5.94. The number of nitrogens with one attached hydrogen (secondary N) is 1. The van der Waals surface area contributed by atoms with Gasteiger partial charge in [-0.15, -0.1) is 0 Å². The molecule has 1 N–H and O–H groups in total. The van der Waals surface area contributed by atoms with Gasteiger partial charge in [-0.3, -0.25) is 4.98 Å². The van der Waals surface area contributed by atoms with Crippen LogP contribution in [0.25, 0.3) is 0 Å². The third-order valence-electron chi connectivity index (χ3n) is 3.14. The van der Waals surface area contributed by atoms with E-state index in [9.17, 15) is 0 Å². The molecule has 112 valence electrons. The lowest BCUT2D eigenvalue weighted by atomic mass is 10.3. The standard InChI is InChI=1S/C16H23N5/c1-3-9-21(10-4-2)16-11-15(19-13-20-16)18-12-14-7-5-6-8-17-14/h5-8,11,13H,3-4,9-10,12H2,1-2H3,(H,18,19,20). The Balaban J connectivity index is 2.02. The molecule has 5 nitrogen and oxygen atoms in total. The number of aromatic nitrogens is 3. The van der Waals surface area contributed by atoms with Crippen molar-refractivity contribution in [3.05, 3.63) is 42.5 Å². The van der Waals surface area contributed by atoms with Crippen molar-refractivity contribution in [3.8, 4) is 0 Å². The van der Waals surface area contributed by atoms with Gasteiger partial charge in [-0.2, -0.15) is 0 Å². The van der Waals surface area contributed by atoms with E-state index in [-0.39, 0.29) is 0 Å². The van der Waals surface area contributed by atoms with Crippen LogP contribution in [0.15, 0.2) is 36.8 Å². The summed E-state index contributed by atoms with van der Waals surface area (Å²) in [5.74, 6) is 1.82. The Bertz CT molecular complexity index is 523. The highest BCUT2D eigenvalue weighted by Crippen LogP contribution is 2.15. The minimum atomic E-state index is 0.666. The first kappa shape index (κ1) is 15.2. The molecule has 0 aliphatic heterocycles. The van der Waals surface area contributed by atoms with Gasteiger partial charge in [-0.1, -0.05) is 19.9 Å². The summed E-state index contributed by atoms with van der Waals surface area (Å²) in [6.07, 6.45) is 5.64. The van der Waals surface area contributed by atoms with Gasteiger partial charge in [0.1, 0.15) is 18.0 Å². The molecule has 0 atom stereocenters. The van der Waals surface area contributed by atoms with Gasteiger partial charge >= 0.3 is 0 Å². The lowest BCUT2D eigenvalue weighted by Crippen LogP contribution is -2.26. The fraction of sp³-hybridized carbons (Fsp3) is 0.438. The van der Waals surface area contributed by atoms with E-state index >= 15 is 0 Å². The monoisotopic (exact) mass is 285 g/mol. The fourth-order valence-electron chi connectivity index (χ4n) is 2.18. The molecule has 0 unspecified atom stereocenters. The molecule has 0 bridgehead atoms. The Morgan fingerprint density at radius 3 is 2.52 bits per heavy atom. The highest BCUT2D eigenvalue weighted by Gasteiger charge is 2.07. The van der Waals surface area contributed by atoms with E-state index in [4.69, 9.17) is 0 Å². The number of hydrogen-bond donors (Lipinski definition) is 1. The molecular weight excluding hydrogens is 262 g/mol. The summed E-state index contributed by atoms with van der Waals surface area (Å²) >= 11 is 0. The van der Waals surface area contributed by atoms with E-state index in [1.165, 1.54) is 0 Å². The van der Waals surface area contributed by atoms with Gasteiger partial charge in [-0.05, 0) is 25.0 Å². The highest BCUT2D eigenvalue weighted by atomic mass is 15.2. The van der Waals surface area contributed by atoms with Crippen molar-refractivity contribution < 1.29 is 0 Å². The Morgan fingerprint density at radius 1 is 1.05 bits per heavy atom. The van der Waals surface area contributed by atoms with Crippen LogP contribution in [0.3, 0.4) is 0 Å². The Labute approximate surface area is 126 Å². The molecule has 2 heterocycles. The maximum Gasteiger partial charge on any atom is 0.134 e. The van der Waals surface area contributed by atoms with E-state index in [1.54, 1.807) is 12.5 Å². The topological polar surface area (TPSA) is 53.9 Å². The van der Waals surface area contributed by atoms with Gasteiger partial charge in [0.25, 0.3) is 0 Å². The largest absolute Gasteiger partial charge is 0.364 e. The molecule has 0 aliphatic carbocycles. The number of pyridine rings is 1. The van der Waals surface area contributed by atoms with E-state index in [2.05, 4.69) is 39.0 Å². The molecule has 0 amide bonds. The molecule has 0 saturated carbocycles. The van der Waals surface area contributed by atoms with Crippen molar-refractivity contribution in [2.24, 2.45) is 0 Å². The third kappa shape index (κ3) is 4.70. The summed E-state index contributed by atoms with van der Waals surface area (Å²) in [6.45, 7) is 7.07. The van der Waals surface area contributed by atoms with Crippen LogP contribution in [-0.4, -0.2) is 28.0 Å². The average Bonchev–Trinajstić information content (AvgIpc) is 2.54. The second-order valence-electron chi connectivity index (χ2n) is 4.92. The van der Waals surface area contributed by atoms with E-state index in [1.807, 2.05) is 24.3 Å². The first-order valence-electron chi connectivity index (χ1n) is 7.54. The van der Waals surface area contributed by atoms with E-state index in [0.29, 0.717) is 6.54 Å². The van der Waals surface area contributed by atoms with Crippen LogP contribution < -0.4 is 10.2 Å². The SMILES string of the molecule is CCCN(CCC)c1cc(NCc2ccccn2)ncn1. The maximum absolute atomic E-state index is 4.39. The van der Waals surface area contributed by atoms with Crippen molar-refractivity contribution in [1.29, 1.82) is 0 Å². The number of anilines is 2. The molecule has 0 aromatic carbocycles. The zero-order valence-corrected chi connectivity index (χ0v) is 12.8. The van der Waals surface area contributed by atoms with Crippen LogP contribution in [0.5, 0.6) is 0 Å². The van der Waals surface area contributed by atoms with Crippen LogP contribution in [0.2, 0.25) is 0 Å². The van der Waals surface area contributed by atoms with Crippen molar-refractivity contribution in [2.45, 2.75) is 33.2 Å². The van der Waals surface area contributed by atoms with E-state index in [0.717, 1.165) is 43.3 Å². The normalized spacial score (nSPS) is 10.4. The van der Waals surface area contributed by atoms with Crippen LogP contribution in [0.1, 0.15) is 32.4 Å². The summed E-state index contributed by atoms with van der Waals surface area (Å²) in [7, 11) is 0. The zero-order valence-electron chi connectivity index (χ0n) is 12.8. The smallest absolute Gasteiger partial charge is 0.134 e. The maximum atomic E-state index is 4.39. The van der Waals surface area contributed by atoms with Crippen molar-refractivity contribution >= 4 is 11.6 Å². The molecule has 5 heteroatoms. The Morgan fingerprint density at radius 2 is 1.86 bits per heavy atom. The molecule has 2 aromatic rings. The molecule has 0 fully saturated rings. The molecule has 0 radical (unpaired) electrons. The fourth-order valence-corrected chi connectivity index (χ4v) is 2.18. The minimum Gasteiger partial charge on any atom is -0.364 e. The third-order valence-corrected chi connectivity index (χ3v) is 3.14. The van der Waals surface area contributed by atoms with Gasteiger partial charge in [0, 0.05) is 25.4 Å². The predicted octanol–water partition coefficient (Wildman–Crippen LogP) is 3.11. The molecule has 0 saturated heterocycles. The summed E-state index contributed by atoms with van der Waals surface area (Å²) in [5, 5.41) is 3.30. The van der Waals surface area contributed by atoms with Crippen molar-refractivity contribution in [1.82, 2.24) is 15.0 Å². The van der Waals surface area contributed by atoms with Gasteiger partial charge in [0.05, 0.1) is 12.2 Å². The highest BCUT2D eigenvalue weighted by molar-refractivity contribution is 5.48. The number of rotatable bonds is 8. The second-order valence-corrected chi connectivity index (χ2v) is 4.92. The van der Waals surface area contributed by atoms with Gasteiger partial charge < -0.3 is 10.2 Å². The molecule has 0 spiro atoms. The van der Waals surface area contributed by atoms with Crippen LogP contribution >= 0.6 is 0 Å². The van der Waals surface area contributed by atoms with Crippen LogP contribution in [0.4, 0.5) is 11.6 Å². The average molecular weight is 285 g/mol. The van der Waals surface area contributed by atoms with Crippen LogP contribution in [-0.2, 0) is 6.54 Å².